The van der Waals surface area contributed by atoms with Gasteiger partial charge in [0.05, 0.1) is 0 Å². The van der Waals surface area contributed by atoms with Crippen LogP contribution in [0.1, 0.15) is 34.2 Å². The molecule has 4 rings (SSSR count). The molecule has 4 heteroatoms. The van der Waals surface area contributed by atoms with Crippen LogP contribution in [-0.2, 0) is 12.8 Å². The van der Waals surface area contributed by atoms with Gasteiger partial charge in [-0.1, -0.05) is 60.7 Å². The van der Waals surface area contributed by atoms with Crippen LogP contribution in [0.25, 0.3) is 0 Å². The van der Waals surface area contributed by atoms with E-state index in [2.05, 4.69) is 94.1 Å². The van der Waals surface area contributed by atoms with E-state index in [4.69, 9.17) is 0 Å². The minimum absolute atomic E-state index is 0.750. The van der Waals surface area contributed by atoms with Crippen LogP contribution in [0.4, 0.5) is 0 Å². The SMILES string of the molecule is Cc1ccc(C)n1-n1c(Cc2ccccc2)nnc1Cc1ccccc1. The molecule has 0 aliphatic rings. The Labute approximate surface area is 153 Å². The fourth-order valence-corrected chi connectivity index (χ4v) is 3.33. The number of hydrogen-bond donors (Lipinski definition) is 0. The quantitative estimate of drug-likeness (QED) is 0.545. The maximum atomic E-state index is 4.54. The number of hydrogen-bond acceptors (Lipinski definition) is 2. The summed E-state index contributed by atoms with van der Waals surface area (Å²) in [5, 5.41) is 9.08. The summed E-state index contributed by atoms with van der Waals surface area (Å²) in [5.74, 6) is 1.90. The van der Waals surface area contributed by atoms with Crippen LogP contribution in [0.3, 0.4) is 0 Å². The van der Waals surface area contributed by atoms with Crippen molar-refractivity contribution in [2.45, 2.75) is 26.7 Å². The summed E-state index contributed by atoms with van der Waals surface area (Å²) in [4.78, 5) is 0. The lowest BCUT2D eigenvalue weighted by molar-refractivity contribution is 0.570. The third kappa shape index (κ3) is 3.18. The molecule has 0 fully saturated rings. The highest BCUT2D eigenvalue weighted by Gasteiger charge is 2.17. The van der Waals surface area contributed by atoms with Crippen LogP contribution in [0, 0.1) is 13.8 Å². The Morgan fingerprint density at radius 3 is 1.42 bits per heavy atom. The third-order valence-corrected chi connectivity index (χ3v) is 4.61. The van der Waals surface area contributed by atoms with Crippen LogP contribution >= 0.6 is 0 Å². The molecule has 0 saturated heterocycles. The van der Waals surface area contributed by atoms with Gasteiger partial charge in [0.25, 0.3) is 0 Å². The van der Waals surface area contributed by atoms with E-state index >= 15 is 0 Å². The summed E-state index contributed by atoms with van der Waals surface area (Å²) in [7, 11) is 0. The number of benzene rings is 2. The topological polar surface area (TPSA) is 35.6 Å². The summed E-state index contributed by atoms with van der Waals surface area (Å²) in [6.45, 7) is 4.23. The Morgan fingerprint density at radius 1 is 0.577 bits per heavy atom. The van der Waals surface area contributed by atoms with Crippen molar-refractivity contribution in [3.8, 4) is 0 Å². The predicted octanol–water partition coefficient (Wildman–Crippen LogP) is 4.19. The molecule has 26 heavy (non-hydrogen) atoms. The molecule has 0 bridgehead atoms. The fourth-order valence-electron chi connectivity index (χ4n) is 3.33. The van der Waals surface area contributed by atoms with Crippen molar-refractivity contribution in [1.82, 2.24) is 19.5 Å². The van der Waals surface area contributed by atoms with Crippen molar-refractivity contribution in [2.75, 3.05) is 0 Å². The van der Waals surface area contributed by atoms with Crippen LogP contribution in [0.5, 0.6) is 0 Å². The minimum Gasteiger partial charge on any atom is -0.255 e. The van der Waals surface area contributed by atoms with Gasteiger partial charge in [-0.25, -0.2) is 4.68 Å². The molecule has 0 aliphatic carbocycles. The number of aromatic nitrogens is 4. The molecule has 0 radical (unpaired) electrons. The van der Waals surface area contributed by atoms with Gasteiger partial charge < -0.3 is 0 Å². The molecule has 2 aromatic heterocycles. The predicted molar refractivity (Wildman–Crippen MR) is 103 cm³/mol. The van der Waals surface area contributed by atoms with E-state index in [9.17, 15) is 0 Å². The highest BCUT2D eigenvalue weighted by atomic mass is 15.5. The average Bonchev–Trinajstić information content (AvgIpc) is 3.19. The van der Waals surface area contributed by atoms with Gasteiger partial charge in [-0.3, -0.25) is 4.68 Å². The standard InChI is InChI=1S/C22H22N4/c1-17-13-14-18(2)25(17)26-21(15-19-9-5-3-6-10-19)23-24-22(26)16-20-11-7-4-8-12-20/h3-14H,15-16H2,1-2H3. The first-order chi connectivity index (χ1) is 12.7. The minimum atomic E-state index is 0.750. The third-order valence-electron chi connectivity index (χ3n) is 4.61. The first kappa shape index (κ1) is 16.3. The molecule has 0 atom stereocenters. The molecule has 2 aromatic carbocycles. The number of rotatable bonds is 5. The molecule has 4 nitrogen and oxygen atoms in total. The summed E-state index contributed by atoms with van der Waals surface area (Å²) in [6, 6.07) is 25.1. The molecule has 4 aromatic rings. The molecular formula is C22H22N4. The normalized spacial score (nSPS) is 11.0. The Morgan fingerprint density at radius 2 is 1.00 bits per heavy atom. The Bertz CT molecular complexity index is 919. The maximum absolute atomic E-state index is 4.54. The van der Waals surface area contributed by atoms with Crippen molar-refractivity contribution in [2.24, 2.45) is 0 Å². The maximum Gasteiger partial charge on any atom is 0.157 e. The summed E-state index contributed by atoms with van der Waals surface area (Å²) in [5.41, 5.74) is 4.81. The molecule has 0 amide bonds. The zero-order valence-corrected chi connectivity index (χ0v) is 15.1. The van der Waals surface area contributed by atoms with E-state index in [-0.39, 0.29) is 0 Å². The van der Waals surface area contributed by atoms with Gasteiger partial charge in [-0.15, -0.1) is 10.2 Å². The Hall–Kier alpha value is -3.14. The second-order valence-electron chi connectivity index (χ2n) is 6.60. The van der Waals surface area contributed by atoms with E-state index < -0.39 is 0 Å². The van der Waals surface area contributed by atoms with Crippen molar-refractivity contribution in [3.63, 3.8) is 0 Å². The van der Waals surface area contributed by atoms with Crippen molar-refractivity contribution in [1.29, 1.82) is 0 Å². The molecule has 0 spiro atoms. The summed E-state index contributed by atoms with van der Waals surface area (Å²) >= 11 is 0. The van der Waals surface area contributed by atoms with Gasteiger partial charge in [0.1, 0.15) is 0 Å². The molecule has 130 valence electrons. The molecule has 0 saturated carbocycles. The monoisotopic (exact) mass is 342 g/mol. The molecule has 0 unspecified atom stereocenters. The molecule has 0 aliphatic heterocycles. The number of aryl methyl sites for hydroxylation is 2. The van der Waals surface area contributed by atoms with E-state index in [0.717, 1.165) is 24.5 Å². The highest BCUT2D eigenvalue weighted by Crippen LogP contribution is 2.17. The van der Waals surface area contributed by atoms with Gasteiger partial charge in [0, 0.05) is 24.2 Å². The van der Waals surface area contributed by atoms with E-state index in [0.29, 0.717) is 0 Å². The van der Waals surface area contributed by atoms with Crippen LogP contribution in [0.15, 0.2) is 72.8 Å². The lowest BCUT2D eigenvalue weighted by Gasteiger charge is -2.16. The van der Waals surface area contributed by atoms with Crippen LogP contribution in [-0.4, -0.2) is 19.5 Å². The van der Waals surface area contributed by atoms with Crippen LogP contribution in [0.2, 0.25) is 0 Å². The Kier molecular flexibility index (Phi) is 4.40. The van der Waals surface area contributed by atoms with Gasteiger partial charge in [0.15, 0.2) is 11.6 Å². The highest BCUT2D eigenvalue weighted by molar-refractivity contribution is 5.24. The van der Waals surface area contributed by atoms with Gasteiger partial charge in [0.2, 0.25) is 0 Å². The molecule has 0 N–H and O–H groups in total. The molecule has 2 heterocycles. The Balaban J connectivity index is 1.80. The number of nitrogens with zero attached hydrogens (tertiary/aromatic N) is 4. The first-order valence-electron chi connectivity index (χ1n) is 8.89. The second-order valence-corrected chi connectivity index (χ2v) is 6.60. The fraction of sp³-hybridized carbons (Fsp3) is 0.182. The first-order valence-corrected chi connectivity index (χ1v) is 8.89. The van der Waals surface area contributed by atoms with Gasteiger partial charge in [-0.2, -0.15) is 0 Å². The lowest BCUT2D eigenvalue weighted by atomic mass is 10.1. The second kappa shape index (κ2) is 7.00. The van der Waals surface area contributed by atoms with E-state index in [1.165, 1.54) is 22.5 Å². The van der Waals surface area contributed by atoms with Gasteiger partial charge in [-0.05, 0) is 37.1 Å². The van der Waals surface area contributed by atoms with E-state index in [1.807, 2.05) is 12.1 Å². The average molecular weight is 342 g/mol. The lowest BCUT2D eigenvalue weighted by Crippen LogP contribution is -2.19. The van der Waals surface area contributed by atoms with Crippen molar-refractivity contribution >= 4 is 0 Å². The molecular weight excluding hydrogens is 320 g/mol. The van der Waals surface area contributed by atoms with Crippen molar-refractivity contribution < 1.29 is 0 Å². The smallest absolute Gasteiger partial charge is 0.157 e. The summed E-state index contributed by atoms with van der Waals surface area (Å²) in [6.07, 6.45) is 1.50. The van der Waals surface area contributed by atoms with Gasteiger partial charge >= 0.3 is 0 Å². The van der Waals surface area contributed by atoms with Crippen LogP contribution < -0.4 is 0 Å². The van der Waals surface area contributed by atoms with Crippen molar-refractivity contribution in [3.05, 3.63) is 107 Å². The zero-order valence-electron chi connectivity index (χ0n) is 15.1. The largest absolute Gasteiger partial charge is 0.255 e. The zero-order chi connectivity index (χ0) is 17.9. The van der Waals surface area contributed by atoms with E-state index in [1.54, 1.807) is 0 Å². The summed E-state index contributed by atoms with van der Waals surface area (Å²) < 4.78 is 4.38.